The first-order chi connectivity index (χ1) is 6.16. The van der Waals surface area contributed by atoms with E-state index in [1.807, 2.05) is 0 Å². The molecule has 1 saturated carbocycles. The first kappa shape index (κ1) is 10.3. The minimum atomic E-state index is -0.162. The average molecular weight is 185 g/mol. The summed E-state index contributed by atoms with van der Waals surface area (Å²) in [6.45, 7) is 0.590. The highest BCUT2D eigenvalue weighted by Crippen LogP contribution is 2.24. The second-order valence-corrected chi connectivity index (χ2v) is 3.86. The van der Waals surface area contributed by atoms with Crippen molar-refractivity contribution < 1.29 is 4.79 Å². The number of carbonyl (C=O) groups is 1. The van der Waals surface area contributed by atoms with Crippen molar-refractivity contribution in [2.45, 2.75) is 37.6 Å². The molecule has 1 aliphatic carbocycles. The molecule has 2 amide bonds. The Morgan fingerprint density at radius 2 is 2.00 bits per heavy atom. The number of nitrogens with two attached hydrogens (primary N) is 1. The van der Waals surface area contributed by atoms with Gasteiger partial charge in [0.2, 0.25) is 0 Å². The molecular weight excluding hydrogens is 166 g/mol. The van der Waals surface area contributed by atoms with E-state index in [-0.39, 0.29) is 11.6 Å². The second-order valence-electron chi connectivity index (χ2n) is 3.86. The Kier molecular flexibility index (Phi) is 3.54. The Hall–Kier alpha value is -0.770. The zero-order chi connectivity index (χ0) is 9.73. The molecule has 13 heavy (non-hydrogen) atoms. The van der Waals surface area contributed by atoms with Crippen LogP contribution in [0.25, 0.3) is 0 Å². The fourth-order valence-corrected chi connectivity index (χ4v) is 1.78. The van der Waals surface area contributed by atoms with Crippen molar-refractivity contribution in [1.29, 1.82) is 0 Å². The minimum Gasteiger partial charge on any atom is -0.341 e. The molecule has 1 rings (SSSR count). The summed E-state index contributed by atoms with van der Waals surface area (Å²) in [6, 6.07) is -0.143. The third-order valence-electron chi connectivity index (χ3n) is 2.68. The topological polar surface area (TPSA) is 67.2 Å². The summed E-state index contributed by atoms with van der Waals surface area (Å²) in [5.41, 5.74) is 5.96. The summed E-state index contributed by atoms with van der Waals surface area (Å²) in [5, 5.41) is 5.28. The van der Waals surface area contributed by atoms with Crippen LogP contribution in [0.2, 0.25) is 0 Å². The van der Waals surface area contributed by atoms with Crippen LogP contribution in [0.1, 0.15) is 32.1 Å². The number of rotatable bonds is 2. The number of amides is 2. The molecule has 4 nitrogen and oxygen atoms in total. The van der Waals surface area contributed by atoms with Crippen LogP contribution in [-0.2, 0) is 0 Å². The van der Waals surface area contributed by atoms with E-state index in [4.69, 9.17) is 5.73 Å². The van der Waals surface area contributed by atoms with Gasteiger partial charge in [0.15, 0.2) is 0 Å². The minimum absolute atomic E-state index is 0.143. The summed E-state index contributed by atoms with van der Waals surface area (Å²) in [5.74, 6) is 0. The number of hydrogen-bond acceptors (Lipinski definition) is 2. The molecule has 1 aliphatic rings. The maximum Gasteiger partial charge on any atom is 0.314 e. The largest absolute Gasteiger partial charge is 0.341 e. The number of carbonyl (C=O) groups excluding carboxylic acids is 1. The molecule has 76 valence electrons. The Balaban J connectivity index is 2.28. The third kappa shape index (κ3) is 3.22. The highest BCUT2D eigenvalue weighted by molar-refractivity contribution is 5.73. The molecule has 0 spiro atoms. The molecule has 0 aromatic carbocycles. The number of hydrogen-bond donors (Lipinski definition) is 3. The fraction of sp³-hybridized carbons (Fsp3) is 0.889. The summed E-state index contributed by atoms with van der Waals surface area (Å²) >= 11 is 0. The van der Waals surface area contributed by atoms with Gasteiger partial charge in [0.05, 0.1) is 0 Å². The van der Waals surface area contributed by atoms with E-state index in [9.17, 15) is 4.79 Å². The third-order valence-corrected chi connectivity index (χ3v) is 2.68. The lowest BCUT2D eigenvalue weighted by molar-refractivity contribution is 0.232. The highest BCUT2D eigenvalue weighted by Gasteiger charge is 2.27. The van der Waals surface area contributed by atoms with Crippen LogP contribution < -0.4 is 16.4 Å². The number of urea groups is 1. The van der Waals surface area contributed by atoms with Gasteiger partial charge in [-0.25, -0.2) is 4.79 Å². The van der Waals surface area contributed by atoms with Crippen LogP contribution in [0.15, 0.2) is 0 Å². The molecule has 0 radical (unpaired) electrons. The normalized spacial score (nSPS) is 20.8. The zero-order valence-electron chi connectivity index (χ0n) is 8.23. The highest BCUT2D eigenvalue weighted by atomic mass is 16.2. The Labute approximate surface area is 79.3 Å². The van der Waals surface area contributed by atoms with Crippen LogP contribution >= 0.6 is 0 Å². The van der Waals surface area contributed by atoms with Crippen LogP contribution in [0.5, 0.6) is 0 Å². The Morgan fingerprint density at radius 3 is 2.54 bits per heavy atom. The van der Waals surface area contributed by atoms with Crippen molar-refractivity contribution in [1.82, 2.24) is 10.6 Å². The molecule has 0 unspecified atom stereocenters. The standard InChI is InChI=1S/C9H19N3O/c1-11-8(13)12-7-9(10)5-3-2-4-6-9/h2-7,10H2,1H3,(H2,11,12,13). The lowest BCUT2D eigenvalue weighted by Gasteiger charge is -2.33. The average Bonchev–Trinajstić information content (AvgIpc) is 2.15. The summed E-state index contributed by atoms with van der Waals surface area (Å²) in [6.07, 6.45) is 5.70. The molecule has 4 heteroatoms. The lowest BCUT2D eigenvalue weighted by atomic mass is 9.82. The zero-order valence-corrected chi connectivity index (χ0v) is 8.23. The van der Waals surface area contributed by atoms with E-state index in [1.165, 1.54) is 19.3 Å². The smallest absolute Gasteiger partial charge is 0.314 e. The molecule has 0 heterocycles. The van der Waals surface area contributed by atoms with Gasteiger partial charge in [-0.2, -0.15) is 0 Å². The van der Waals surface area contributed by atoms with E-state index in [0.29, 0.717) is 6.54 Å². The van der Waals surface area contributed by atoms with Crippen LogP contribution in [-0.4, -0.2) is 25.2 Å². The van der Waals surface area contributed by atoms with E-state index >= 15 is 0 Å². The van der Waals surface area contributed by atoms with Gasteiger partial charge in [-0.15, -0.1) is 0 Å². The Morgan fingerprint density at radius 1 is 1.38 bits per heavy atom. The first-order valence-corrected chi connectivity index (χ1v) is 4.91. The summed E-state index contributed by atoms with van der Waals surface area (Å²) in [4.78, 5) is 10.9. The summed E-state index contributed by atoms with van der Waals surface area (Å²) in [7, 11) is 1.61. The first-order valence-electron chi connectivity index (χ1n) is 4.91. The van der Waals surface area contributed by atoms with Gasteiger partial charge in [0.25, 0.3) is 0 Å². The SMILES string of the molecule is CNC(=O)NCC1(N)CCCCC1. The quantitative estimate of drug-likeness (QED) is 0.589. The predicted octanol–water partition coefficient (Wildman–Crippen LogP) is 0.577. The molecule has 0 aromatic rings. The van der Waals surface area contributed by atoms with Gasteiger partial charge in [0, 0.05) is 19.1 Å². The maximum atomic E-state index is 10.9. The lowest BCUT2D eigenvalue weighted by Crippen LogP contribution is -2.52. The molecule has 0 atom stereocenters. The molecule has 0 saturated heterocycles. The Bertz CT molecular complexity index is 176. The second kappa shape index (κ2) is 4.46. The van der Waals surface area contributed by atoms with E-state index in [1.54, 1.807) is 7.05 Å². The number of nitrogens with one attached hydrogen (secondary N) is 2. The van der Waals surface area contributed by atoms with Crippen molar-refractivity contribution >= 4 is 6.03 Å². The van der Waals surface area contributed by atoms with Gasteiger partial charge < -0.3 is 16.4 Å². The summed E-state index contributed by atoms with van der Waals surface area (Å²) < 4.78 is 0. The van der Waals surface area contributed by atoms with Crippen LogP contribution in [0.4, 0.5) is 4.79 Å². The van der Waals surface area contributed by atoms with Crippen molar-refractivity contribution in [3.63, 3.8) is 0 Å². The van der Waals surface area contributed by atoms with Crippen molar-refractivity contribution in [3.05, 3.63) is 0 Å². The molecule has 0 aliphatic heterocycles. The van der Waals surface area contributed by atoms with E-state index in [0.717, 1.165) is 12.8 Å². The van der Waals surface area contributed by atoms with Crippen molar-refractivity contribution in [2.24, 2.45) is 5.73 Å². The van der Waals surface area contributed by atoms with Crippen molar-refractivity contribution in [3.8, 4) is 0 Å². The van der Waals surface area contributed by atoms with Gasteiger partial charge in [-0.3, -0.25) is 0 Å². The predicted molar refractivity (Wildman–Crippen MR) is 52.5 cm³/mol. The molecule has 0 bridgehead atoms. The van der Waals surface area contributed by atoms with Gasteiger partial charge >= 0.3 is 6.03 Å². The molecule has 1 fully saturated rings. The monoisotopic (exact) mass is 185 g/mol. The van der Waals surface area contributed by atoms with Gasteiger partial charge in [-0.1, -0.05) is 19.3 Å². The molecule has 0 aromatic heterocycles. The van der Waals surface area contributed by atoms with E-state index < -0.39 is 0 Å². The van der Waals surface area contributed by atoms with Gasteiger partial charge in [0.1, 0.15) is 0 Å². The fourth-order valence-electron chi connectivity index (χ4n) is 1.78. The van der Waals surface area contributed by atoms with Crippen LogP contribution in [0.3, 0.4) is 0 Å². The molecule has 4 N–H and O–H groups in total. The van der Waals surface area contributed by atoms with E-state index in [2.05, 4.69) is 10.6 Å². The van der Waals surface area contributed by atoms with Crippen LogP contribution in [0, 0.1) is 0 Å². The van der Waals surface area contributed by atoms with Crippen molar-refractivity contribution in [2.75, 3.05) is 13.6 Å². The maximum absolute atomic E-state index is 10.9. The molecular formula is C9H19N3O. The van der Waals surface area contributed by atoms with Gasteiger partial charge in [-0.05, 0) is 12.8 Å².